The van der Waals surface area contributed by atoms with E-state index >= 15 is 0 Å². The fourth-order valence-electron chi connectivity index (χ4n) is 2.95. The molecule has 1 aliphatic rings. The monoisotopic (exact) mass is 344 g/mol. The van der Waals surface area contributed by atoms with Crippen molar-refractivity contribution in [3.05, 3.63) is 23.9 Å². The lowest BCUT2D eigenvalue weighted by Gasteiger charge is -2.18. The first-order valence-electron chi connectivity index (χ1n) is 8.82. The summed E-state index contributed by atoms with van der Waals surface area (Å²) in [6.45, 7) is 4.19. The van der Waals surface area contributed by atoms with E-state index in [9.17, 15) is 4.79 Å². The molecule has 1 amide bonds. The SMILES string of the molecule is CC(C)CC(NC(=O)C1=CCCCCC1)c1nc(-c2ncn[nH]2)no1. The van der Waals surface area contributed by atoms with E-state index in [0.29, 0.717) is 23.5 Å². The third-order valence-electron chi connectivity index (χ3n) is 4.21. The number of nitrogens with zero attached hydrogens (tertiary/aromatic N) is 4. The number of aromatic nitrogens is 5. The van der Waals surface area contributed by atoms with Gasteiger partial charge in [0.1, 0.15) is 12.4 Å². The summed E-state index contributed by atoms with van der Waals surface area (Å²) in [4.78, 5) is 21.0. The van der Waals surface area contributed by atoms with E-state index in [-0.39, 0.29) is 11.9 Å². The number of hydrogen-bond donors (Lipinski definition) is 2. The van der Waals surface area contributed by atoms with E-state index in [4.69, 9.17) is 4.52 Å². The molecule has 0 saturated carbocycles. The largest absolute Gasteiger partial charge is 0.341 e. The highest BCUT2D eigenvalue weighted by Crippen LogP contribution is 2.24. The Kier molecular flexibility index (Phi) is 5.57. The molecule has 25 heavy (non-hydrogen) atoms. The molecule has 134 valence electrons. The molecule has 1 unspecified atom stereocenters. The highest BCUT2D eigenvalue weighted by Gasteiger charge is 2.25. The van der Waals surface area contributed by atoms with E-state index < -0.39 is 0 Å². The van der Waals surface area contributed by atoms with Gasteiger partial charge in [0.2, 0.25) is 17.6 Å². The lowest BCUT2D eigenvalue weighted by molar-refractivity contribution is -0.118. The standard InChI is InChI=1S/C17H24N6O2/c1-11(2)9-13(20-16(24)12-7-5-3-4-6-8-12)17-21-15(23-25-17)14-18-10-19-22-14/h7,10-11,13H,3-6,8-9H2,1-2H3,(H,20,24)(H,18,19,22). The summed E-state index contributed by atoms with van der Waals surface area (Å²) >= 11 is 0. The minimum absolute atomic E-state index is 0.0352. The quantitative estimate of drug-likeness (QED) is 0.833. The van der Waals surface area contributed by atoms with Gasteiger partial charge in [-0.15, -0.1) is 0 Å². The normalized spacial score (nSPS) is 16.4. The lowest BCUT2D eigenvalue weighted by atomic mass is 10.0. The van der Waals surface area contributed by atoms with Crippen LogP contribution in [0.5, 0.6) is 0 Å². The van der Waals surface area contributed by atoms with Crippen molar-refractivity contribution in [2.45, 2.75) is 58.4 Å². The molecule has 1 atom stereocenters. The maximum atomic E-state index is 12.7. The predicted octanol–water partition coefficient (Wildman–Crippen LogP) is 2.95. The second-order valence-corrected chi connectivity index (χ2v) is 6.77. The Morgan fingerprint density at radius 2 is 2.24 bits per heavy atom. The van der Waals surface area contributed by atoms with Gasteiger partial charge < -0.3 is 9.84 Å². The number of nitrogens with one attached hydrogen (secondary N) is 2. The number of carbonyl (C=O) groups is 1. The highest BCUT2D eigenvalue weighted by molar-refractivity contribution is 5.93. The van der Waals surface area contributed by atoms with Crippen molar-refractivity contribution in [1.29, 1.82) is 0 Å². The van der Waals surface area contributed by atoms with Crippen LogP contribution in [0.3, 0.4) is 0 Å². The van der Waals surface area contributed by atoms with Gasteiger partial charge in [-0.2, -0.15) is 10.1 Å². The molecular weight excluding hydrogens is 320 g/mol. The van der Waals surface area contributed by atoms with Crippen LogP contribution in [0, 0.1) is 5.92 Å². The zero-order valence-electron chi connectivity index (χ0n) is 14.7. The smallest absolute Gasteiger partial charge is 0.249 e. The van der Waals surface area contributed by atoms with E-state index in [2.05, 4.69) is 50.6 Å². The van der Waals surface area contributed by atoms with Crippen LogP contribution in [0.15, 0.2) is 22.5 Å². The summed E-state index contributed by atoms with van der Waals surface area (Å²) in [6, 6.07) is -0.319. The van der Waals surface area contributed by atoms with Crippen molar-refractivity contribution in [2.75, 3.05) is 0 Å². The van der Waals surface area contributed by atoms with Crippen LogP contribution in [-0.2, 0) is 4.79 Å². The molecule has 0 bridgehead atoms. The molecule has 0 aromatic carbocycles. The number of carbonyl (C=O) groups excluding carboxylic acids is 1. The third kappa shape index (κ3) is 4.52. The molecule has 0 saturated heterocycles. The van der Waals surface area contributed by atoms with Gasteiger partial charge in [0, 0.05) is 5.57 Å². The van der Waals surface area contributed by atoms with Gasteiger partial charge in [0.25, 0.3) is 0 Å². The Bertz CT molecular complexity index is 719. The fourth-order valence-corrected chi connectivity index (χ4v) is 2.95. The molecule has 2 heterocycles. The Morgan fingerprint density at radius 1 is 1.36 bits per heavy atom. The first-order valence-corrected chi connectivity index (χ1v) is 8.82. The van der Waals surface area contributed by atoms with Crippen LogP contribution >= 0.6 is 0 Å². The maximum absolute atomic E-state index is 12.7. The second-order valence-electron chi connectivity index (χ2n) is 6.77. The summed E-state index contributed by atoms with van der Waals surface area (Å²) in [6.07, 6.45) is 9.34. The highest BCUT2D eigenvalue weighted by atomic mass is 16.5. The van der Waals surface area contributed by atoms with Crippen LogP contribution in [0.1, 0.15) is 64.3 Å². The van der Waals surface area contributed by atoms with Crippen LogP contribution in [-0.4, -0.2) is 31.2 Å². The number of H-pyrrole nitrogens is 1. The zero-order valence-corrected chi connectivity index (χ0v) is 14.7. The van der Waals surface area contributed by atoms with Crippen LogP contribution in [0.2, 0.25) is 0 Å². The fraction of sp³-hybridized carbons (Fsp3) is 0.588. The van der Waals surface area contributed by atoms with Gasteiger partial charge in [-0.3, -0.25) is 9.89 Å². The van der Waals surface area contributed by atoms with Crippen LogP contribution < -0.4 is 5.32 Å². The summed E-state index contributed by atoms with van der Waals surface area (Å²) in [5, 5.41) is 13.5. The zero-order chi connectivity index (χ0) is 17.6. The topological polar surface area (TPSA) is 110 Å². The first kappa shape index (κ1) is 17.3. The maximum Gasteiger partial charge on any atom is 0.249 e. The number of rotatable bonds is 6. The molecule has 0 fully saturated rings. The minimum Gasteiger partial charge on any atom is -0.341 e. The summed E-state index contributed by atoms with van der Waals surface area (Å²) in [7, 11) is 0. The lowest BCUT2D eigenvalue weighted by Crippen LogP contribution is -2.31. The van der Waals surface area contributed by atoms with E-state index in [1.54, 1.807) is 0 Å². The Labute approximate surface area is 146 Å². The van der Waals surface area contributed by atoms with Gasteiger partial charge >= 0.3 is 0 Å². The van der Waals surface area contributed by atoms with Crippen LogP contribution in [0.25, 0.3) is 11.6 Å². The number of amides is 1. The van der Waals surface area contributed by atoms with Crippen molar-refractivity contribution >= 4 is 5.91 Å². The van der Waals surface area contributed by atoms with Crippen molar-refractivity contribution in [2.24, 2.45) is 5.92 Å². The van der Waals surface area contributed by atoms with E-state index in [1.165, 1.54) is 12.7 Å². The third-order valence-corrected chi connectivity index (χ3v) is 4.21. The Balaban J connectivity index is 1.75. The number of aromatic amines is 1. The minimum atomic E-state index is -0.319. The summed E-state index contributed by atoms with van der Waals surface area (Å²) in [5.41, 5.74) is 0.862. The van der Waals surface area contributed by atoms with Crippen molar-refractivity contribution in [3.63, 3.8) is 0 Å². The van der Waals surface area contributed by atoms with Gasteiger partial charge in [-0.25, -0.2) is 4.98 Å². The average Bonchev–Trinajstić information content (AvgIpc) is 3.20. The van der Waals surface area contributed by atoms with Gasteiger partial charge in [0.15, 0.2) is 5.82 Å². The Hall–Kier alpha value is -2.51. The van der Waals surface area contributed by atoms with Gasteiger partial charge in [-0.05, 0) is 38.0 Å². The summed E-state index contributed by atoms with van der Waals surface area (Å²) < 4.78 is 5.38. The van der Waals surface area contributed by atoms with Crippen molar-refractivity contribution in [1.82, 2.24) is 30.6 Å². The van der Waals surface area contributed by atoms with Crippen molar-refractivity contribution in [3.8, 4) is 11.6 Å². The predicted molar refractivity (Wildman–Crippen MR) is 91.2 cm³/mol. The molecule has 2 N–H and O–H groups in total. The average molecular weight is 344 g/mol. The number of allylic oxidation sites excluding steroid dienone is 1. The molecule has 8 heteroatoms. The molecule has 0 radical (unpaired) electrons. The molecule has 2 aromatic rings. The van der Waals surface area contributed by atoms with Gasteiger partial charge in [0.05, 0.1) is 0 Å². The molecule has 0 spiro atoms. The number of hydrogen-bond acceptors (Lipinski definition) is 6. The Morgan fingerprint density at radius 3 is 3.00 bits per heavy atom. The van der Waals surface area contributed by atoms with Crippen molar-refractivity contribution < 1.29 is 9.32 Å². The molecule has 2 aromatic heterocycles. The molecule has 1 aliphatic carbocycles. The van der Waals surface area contributed by atoms with Crippen LogP contribution in [0.4, 0.5) is 0 Å². The molecule has 8 nitrogen and oxygen atoms in total. The van der Waals surface area contributed by atoms with E-state index in [0.717, 1.165) is 37.7 Å². The molecule has 3 rings (SSSR count). The first-order chi connectivity index (χ1) is 12.1. The van der Waals surface area contributed by atoms with Gasteiger partial charge in [-0.1, -0.05) is 31.5 Å². The summed E-state index contributed by atoms with van der Waals surface area (Å²) in [5.74, 6) is 1.50. The second kappa shape index (κ2) is 8.04. The molecular formula is C17H24N6O2. The van der Waals surface area contributed by atoms with E-state index in [1.807, 2.05) is 0 Å². The molecule has 0 aliphatic heterocycles.